The Hall–Kier alpha value is -1.40. The molecule has 1 aliphatic heterocycles. The molecule has 2 aromatic rings. The molecule has 1 aliphatic rings. The van der Waals surface area contributed by atoms with Crippen LogP contribution in [0.1, 0.15) is 25.0 Å². The quantitative estimate of drug-likeness (QED) is 0.749. The Morgan fingerprint density at radius 2 is 1.38 bits per heavy atom. The van der Waals surface area contributed by atoms with E-state index >= 15 is 4.39 Å². The van der Waals surface area contributed by atoms with Gasteiger partial charge in [0.05, 0.1) is 19.3 Å². The Kier molecular flexibility index (Phi) is 6.35. The molecular weight excluding hydrogens is 351 g/mol. The second-order valence-electron chi connectivity index (χ2n) is 6.80. The van der Waals surface area contributed by atoms with Crippen LogP contribution < -0.4 is 0 Å². The maximum absolute atomic E-state index is 15.1. The average molecular weight is 376 g/mol. The summed E-state index contributed by atoms with van der Waals surface area (Å²) in [5.41, 5.74) is 2.01. The fourth-order valence-corrected chi connectivity index (χ4v) is 3.50. The van der Waals surface area contributed by atoms with Crippen molar-refractivity contribution in [3.05, 3.63) is 71.8 Å². The minimum Gasteiger partial charge on any atom is -0.368 e. The summed E-state index contributed by atoms with van der Waals surface area (Å²) < 4.78 is 32.8. The Labute approximate surface area is 159 Å². The lowest BCUT2D eigenvalue weighted by atomic mass is 9.96. The number of halogens is 1. The SMILES string of the molecule is C[C@@H]1OC(C)(S)[C@@H](F)[C@H](OCc2ccccc2)[C@@H]1OCc1ccccc1. The minimum absolute atomic E-state index is 0.313. The van der Waals surface area contributed by atoms with Crippen LogP contribution in [-0.4, -0.2) is 29.4 Å². The van der Waals surface area contributed by atoms with Crippen molar-refractivity contribution in [2.24, 2.45) is 0 Å². The zero-order valence-corrected chi connectivity index (χ0v) is 15.9. The van der Waals surface area contributed by atoms with E-state index in [2.05, 4.69) is 12.6 Å². The molecule has 1 unspecified atom stereocenters. The molecule has 0 amide bonds. The molecule has 0 aromatic heterocycles. The number of thiol groups is 1. The summed E-state index contributed by atoms with van der Waals surface area (Å²) >= 11 is 4.36. The highest BCUT2D eigenvalue weighted by Crippen LogP contribution is 2.38. The van der Waals surface area contributed by atoms with Crippen LogP contribution >= 0.6 is 12.6 Å². The van der Waals surface area contributed by atoms with Crippen LogP contribution in [0.5, 0.6) is 0 Å². The van der Waals surface area contributed by atoms with Crippen LogP contribution in [0, 0.1) is 0 Å². The van der Waals surface area contributed by atoms with E-state index in [1.807, 2.05) is 67.6 Å². The highest BCUT2D eigenvalue weighted by molar-refractivity contribution is 7.81. The lowest BCUT2D eigenvalue weighted by Crippen LogP contribution is -2.60. The van der Waals surface area contributed by atoms with Crippen LogP contribution in [0.4, 0.5) is 4.39 Å². The van der Waals surface area contributed by atoms with E-state index < -0.39 is 23.3 Å². The summed E-state index contributed by atoms with van der Waals surface area (Å²) in [6, 6.07) is 19.5. The van der Waals surface area contributed by atoms with Crippen LogP contribution in [0.3, 0.4) is 0 Å². The van der Waals surface area contributed by atoms with E-state index in [1.165, 1.54) is 0 Å². The van der Waals surface area contributed by atoms with Gasteiger partial charge in [-0.2, -0.15) is 0 Å². The number of hydrogen-bond donors (Lipinski definition) is 1. The van der Waals surface area contributed by atoms with Crippen molar-refractivity contribution in [1.29, 1.82) is 0 Å². The van der Waals surface area contributed by atoms with Crippen molar-refractivity contribution >= 4 is 12.6 Å². The monoisotopic (exact) mass is 376 g/mol. The summed E-state index contributed by atoms with van der Waals surface area (Å²) in [6.45, 7) is 4.19. The molecular formula is C21H25FO3S. The zero-order chi connectivity index (χ0) is 18.6. The van der Waals surface area contributed by atoms with Crippen LogP contribution in [0.15, 0.2) is 60.7 Å². The van der Waals surface area contributed by atoms with Crippen LogP contribution in [0.25, 0.3) is 0 Å². The molecule has 0 aliphatic carbocycles. The highest BCUT2D eigenvalue weighted by Gasteiger charge is 2.51. The molecule has 3 rings (SSSR count). The van der Waals surface area contributed by atoms with Gasteiger partial charge in [-0.3, -0.25) is 0 Å². The third-order valence-corrected chi connectivity index (χ3v) is 4.93. The van der Waals surface area contributed by atoms with Crippen molar-refractivity contribution in [3.63, 3.8) is 0 Å². The predicted octanol–water partition coefficient (Wildman–Crippen LogP) is 4.56. The van der Waals surface area contributed by atoms with Crippen molar-refractivity contribution in [2.75, 3.05) is 0 Å². The largest absolute Gasteiger partial charge is 0.368 e. The van der Waals surface area contributed by atoms with Gasteiger partial charge in [0.25, 0.3) is 0 Å². The van der Waals surface area contributed by atoms with Gasteiger partial charge in [-0.1, -0.05) is 60.7 Å². The van der Waals surface area contributed by atoms with Gasteiger partial charge in [-0.15, -0.1) is 12.6 Å². The number of hydrogen-bond acceptors (Lipinski definition) is 4. The lowest BCUT2D eigenvalue weighted by Gasteiger charge is -2.46. The average Bonchev–Trinajstić information content (AvgIpc) is 2.64. The van der Waals surface area contributed by atoms with Gasteiger partial charge in [-0.25, -0.2) is 4.39 Å². The Morgan fingerprint density at radius 3 is 1.88 bits per heavy atom. The van der Waals surface area contributed by atoms with E-state index in [9.17, 15) is 0 Å². The van der Waals surface area contributed by atoms with E-state index in [0.29, 0.717) is 13.2 Å². The normalized spacial score (nSPS) is 31.7. The molecule has 140 valence electrons. The van der Waals surface area contributed by atoms with Gasteiger partial charge in [0.1, 0.15) is 17.1 Å². The van der Waals surface area contributed by atoms with Crippen molar-refractivity contribution in [2.45, 2.75) is 56.5 Å². The van der Waals surface area contributed by atoms with E-state index in [4.69, 9.17) is 14.2 Å². The molecule has 1 saturated heterocycles. The zero-order valence-electron chi connectivity index (χ0n) is 15.0. The first-order chi connectivity index (χ1) is 12.5. The molecule has 26 heavy (non-hydrogen) atoms. The molecule has 0 spiro atoms. The molecule has 2 aromatic carbocycles. The summed E-state index contributed by atoms with van der Waals surface area (Å²) in [4.78, 5) is -1.21. The Bertz CT molecular complexity index is 680. The molecule has 1 fully saturated rings. The van der Waals surface area contributed by atoms with E-state index in [-0.39, 0.29) is 6.10 Å². The Balaban J connectivity index is 1.72. The first-order valence-electron chi connectivity index (χ1n) is 8.82. The molecule has 0 bridgehead atoms. The first kappa shape index (κ1) is 19.4. The second kappa shape index (κ2) is 8.53. The fourth-order valence-electron chi connectivity index (χ4n) is 3.19. The number of rotatable bonds is 6. The third kappa shape index (κ3) is 4.65. The molecule has 0 N–H and O–H groups in total. The van der Waals surface area contributed by atoms with Gasteiger partial charge in [0.2, 0.25) is 0 Å². The summed E-state index contributed by atoms with van der Waals surface area (Å²) in [6.07, 6.45) is -3.03. The van der Waals surface area contributed by atoms with Crippen LogP contribution in [-0.2, 0) is 27.4 Å². The third-order valence-electron chi connectivity index (χ3n) is 4.58. The number of alkyl halides is 1. The van der Waals surface area contributed by atoms with Crippen molar-refractivity contribution < 1.29 is 18.6 Å². The fraction of sp³-hybridized carbons (Fsp3) is 0.429. The maximum Gasteiger partial charge on any atom is 0.166 e. The van der Waals surface area contributed by atoms with Gasteiger partial charge in [0.15, 0.2) is 6.17 Å². The topological polar surface area (TPSA) is 27.7 Å². The first-order valence-corrected chi connectivity index (χ1v) is 9.27. The van der Waals surface area contributed by atoms with Gasteiger partial charge in [-0.05, 0) is 25.0 Å². The van der Waals surface area contributed by atoms with Gasteiger partial charge >= 0.3 is 0 Å². The maximum atomic E-state index is 15.1. The smallest absolute Gasteiger partial charge is 0.166 e. The molecule has 5 heteroatoms. The second-order valence-corrected chi connectivity index (χ2v) is 7.69. The predicted molar refractivity (Wildman–Crippen MR) is 103 cm³/mol. The number of benzene rings is 2. The molecule has 3 nitrogen and oxygen atoms in total. The number of ether oxygens (including phenoxy) is 3. The summed E-state index contributed by atoms with van der Waals surface area (Å²) in [7, 11) is 0. The van der Waals surface area contributed by atoms with Crippen molar-refractivity contribution in [1.82, 2.24) is 0 Å². The van der Waals surface area contributed by atoms with Crippen LogP contribution in [0.2, 0.25) is 0 Å². The standard InChI is InChI=1S/C21H25FO3S/c1-15-18(23-13-16-9-5-3-6-10-16)19(20(22)21(2,26)25-15)24-14-17-11-7-4-8-12-17/h3-12,15,18-20,26H,13-14H2,1-2H3/t15-,18+,19+,20-,21?/m0/s1. The van der Waals surface area contributed by atoms with Crippen molar-refractivity contribution in [3.8, 4) is 0 Å². The molecule has 5 atom stereocenters. The van der Waals surface area contributed by atoms with Gasteiger partial charge in [0, 0.05) is 0 Å². The molecule has 1 heterocycles. The van der Waals surface area contributed by atoms with E-state index in [0.717, 1.165) is 11.1 Å². The Morgan fingerprint density at radius 1 is 0.923 bits per heavy atom. The molecule has 0 saturated carbocycles. The molecule has 0 radical (unpaired) electrons. The minimum atomic E-state index is -1.41. The lowest BCUT2D eigenvalue weighted by molar-refractivity contribution is -0.238. The summed E-state index contributed by atoms with van der Waals surface area (Å²) in [5.74, 6) is 0. The van der Waals surface area contributed by atoms with Gasteiger partial charge < -0.3 is 14.2 Å². The summed E-state index contributed by atoms with van der Waals surface area (Å²) in [5, 5.41) is 0. The highest BCUT2D eigenvalue weighted by atomic mass is 32.1. The van der Waals surface area contributed by atoms with E-state index in [1.54, 1.807) is 6.92 Å².